The average molecular weight is 307 g/mol. The van der Waals surface area contributed by atoms with Crippen molar-refractivity contribution in [1.82, 2.24) is 15.3 Å². The number of likely N-dealkylation sites (N-methyl/N-ethyl adjacent to an activating group) is 1. The Labute approximate surface area is 129 Å². The van der Waals surface area contributed by atoms with E-state index in [2.05, 4.69) is 16.8 Å². The summed E-state index contributed by atoms with van der Waals surface area (Å²) in [4.78, 5) is 17.1. The SMILES string of the molecule is C=C(/C=C\C(=C/C)C(OC)C(=O)N(C)OC)c1nnc(C)o1. The molecule has 120 valence electrons. The van der Waals surface area contributed by atoms with Crippen LogP contribution < -0.4 is 0 Å². The zero-order valence-corrected chi connectivity index (χ0v) is 13.5. The second-order valence-corrected chi connectivity index (χ2v) is 4.41. The van der Waals surface area contributed by atoms with Crippen LogP contribution in [0.2, 0.25) is 0 Å². The molecule has 0 saturated heterocycles. The lowest BCUT2D eigenvalue weighted by Crippen LogP contribution is -2.37. The minimum Gasteiger partial charge on any atom is -0.421 e. The molecule has 0 radical (unpaired) electrons. The first-order chi connectivity index (χ1) is 10.4. The highest BCUT2D eigenvalue weighted by Gasteiger charge is 2.24. The van der Waals surface area contributed by atoms with E-state index in [0.717, 1.165) is 5.06 Å². The Morgan fingerprint density at radius 2 is 2.05 bits per heavy atom. The van der Waals surface area contributed by atoms with Gasteiger partial charge in [-0.1, -0.05) is 18.7 Å². The number of allylic oxidation sites excluding steroid dienone is 3. The normalized spacial score (nSPS) is 13.4. The number of aromatic nitrogens is 2. The van der Waals surface area contributed by atoms with E-state index in [9.17, 15) is 4.79 Å². The van der Waals surface area contributed by atoms with Crippen LogP contribution in [0.25, 0.3) is 5.57 Å². The molecule has 0 N–H and O–H groups in total. The van der Waals surface area contributed by atoms with Crippen molar-refractivity contribution in [3.05, 3.63) is 42.2 Å². The number of aryl methyl sites for hydroxylation is 1. The van der Waals surface area contributed by atoms with Gasteiger partial charge in [0.25, 0.3) is 5.91 Å². The van der Waals surface area contributed by atoms with Gasteiger partial charge in [-0.15, -0.1) is 10.2 Å². The monoisotopic (exact) mass is 307 g/mol. The predicted octanol–water partition coefficient (Wildman–Crippen LogP) is 1.93. The molecular weight excluding hydrogens is 286 g/mol. The van der Waals surface area contributed by atoms with Crippen molar-refractivity contribution >= 4 is 11.5 Å². The summed E-state index contributed by atoms with van der Waals surface area (Å²) >= 11 is 0. The highest BCUT2D eigenvalue weighted by Crippen LogP contribution is 2.16. The first-order valence-corrected chi connectivity index (χ1v) is 6.62. The molecule has 1 atom stereocenters. The lowest BCUT2D eigenvalue weighted by atomic mass is 10.1. The quantitative estimate of drug-likeness (QED) is 0.566. The molecule has 0 bridgehead atoms. The Kier molecular flexibility index (Phi) is 6.68. The molecule has 0 aliphatic rings. The zero-order valence-electron chi connectivity index (χ0n) is 13.5. The molecule has 1 amide bonds. The van der Waals surface area contributed by atoms with Crippen LogP contribution in [0.4, 0.5) is 0 Å². The molecule has 1 unspecified atom stereocenters. The molecule has 22 heavy (non-hydrogen) atoms. The van der Waals surface area contributed by atoms with Crippen molar-refractivity contribution in [2.45, 2.75) is 20.0 Å². The number of hydroxylamine groups is 2. The molecule has 0 spiro atoms. The molecule has 0 aromatic carbocycles. The summed E-state index contributed by atoms with van der Waals surface area (Å²) in [7, 11) is 4.39. The number of nitrogens with zero attached hydrogens (tertiary/aromatic N) is 3. The third-order valence-electron chi connectivity index (χ3n) is 2.96. The average Bonchev–Trinajstić information content (AvgIpc) is 2.96. The van der Waals surface area contributed by atoms with E-state index in [0.29, 0.717) is 22.9 Å². The third kappa shape index (κ3) is 4.37. The second-order valence-electron chi connectivity index (χ2n) is 4.41. The maximum atomic E-state index is 12.2. The zero-order chi connectivity index (χ0) is 16.7. The number of methoxy groups -OCH3 is 1. The number of hydrogen-bond donors (Lipinski definition) is 0. The number of carbonyl (C=O) groups is 1. The predicted molar refractivity (Wildman–Crippen MR) is 81.5 cm³/mol. The van der Waals surface area contributed by atoms with Gasteiger partial charge in [0.05, 0.1) is 7.11 Å². The summed E-state index contributed by atoms with van der Waals surface area (Å²) in [6.07, 6.45) is 4.41. The van der Waals surface area contributed by atoms with Gasteiger partial charge in [0.1, 0.15) is 0 Å². The molecule has 0 aliphatic carbocycles. The van der Waals surface area contributed by atoms with Crippen molar-refractivity contribution in [1.29, 1.82) is 0 Å². The van der Waals surface area contributed by atoms with Crippen LogP contribution in [0.15, 0.2) is 34.8 Å². The summed E-state index contributed by atoms with van der Waals surface area (Å²) in [5.74, 6) is 0.475. The fourth-order valence-corrected chi connectivity index (χ4v) is 1.66. The molecule has 1 aromatic heterocycles. The van der Waals surface area contributed by atoms with E-state index < -0.39 is 6.10 Å². The van der Waals surface area contributed by atoms with Gasteiger partial charge in [-0.2, -0.15) is 0 Å². The van der Waals surface area contributed by atoms with Crippen LogP contribution in [0, 0.1) is 6.92 Å². The molecule has 1 aromatic rings. The van der Waals surface area contributed by atoms with Crippen molar-refractivity contribution in [2.24, 2.45) is 0 Å². The number of amides is 1. The lowest BCUT2D eigenvalue weighted by Gasteiger charge is -2.21. The molecule has 0 fully saturated rings. The van der Waals surface area contributed by atoms with E-state index in [4.69, 9.17) is 14.0 Å². The fourth-order valence-electron chi connectivity index (χ4n) is 1.66. The number of ether oxygens (including phenoxy) is 1. The van der Waals surface area contributed by atoms with E-state index in [1.54, 1.807) is 25.2 Å². The number of hydrogen-bond acceptors (Lipinski definition) is 6. The van der Waals surface area contributed by atoms with E-state index >= 15 is 0 Å². The topological polar surface area (TPSA) is 77.7 Å². The Balaban J connectivity index is 2.89. The highest BCUT2D eigenvalue weighted by atomic mass is 16.7. The molecule has 0 saturated carbocycles. The highest BCUT2D eigenvalue weighted by molar-refractivity contribution is 5.84. The standard InChI is InChI=1S/C15H21N3O4/c1-7-12(13(20-5)15(19)18(4)21-6)9-8-10(2)14-17-16-11(3)22-14/h7-9,13H,2H2,1,3-6H3/b9-8-,12-7+. The first-order valence-electron chi connectivity index (χ1n) is 6.62. The van der Waals surface area contributed by atoms with Crippen LogP contribution in [0.3, 0.4) is 0 Å². The van der Waals surface area contributed by atoms with Crippen LogP contribution in [-0.2, 0) is 14.4 Å². The maximum Gasteiger partial charge on any atom is 0.279 e. The molecule has 7 nitrogen and oxygen atoms in total. The largest absolute Gasteiger partial charge is 0.421 e. The summed E-state index contributed by atoms with van der Waals surface area (Å²) < 4.78 is 10.5. The van der Waals surface area contributed by atoms with E-state index in [1.165, 1.54) is 21.3 Å². The van der Waals surface area contributed by atoms with Crippen molar-refractivity contribution in [3.63, 3.8) is 0 Å². The molecule has 7 heteroatoms. The minimum atomic E-state index is -0.775. The van der Waals surface area contributed by atoms with Gasteiger partial charge < -0.3 is 9.15 Å². The van der Waals surface area contributed by atoms with Gasteiger partial charge in [-0.3, -0.25) is 9.63 Å². The van der Waals surface area contributed by atoms with Crippen LogP contribution in [0.1, 0.15) is 18.7 Å². The second kappa shape index (κ2) is 8.26. The Morgan fingerprint density at radius 1 is 1.36 bits per heavy atom. The van der Waals surface area contributed by atoms with Gasteiger partial charge in [0.2, 0.25) is 11.8 Å². The summed E-state index contributed by atoms with van der Waals surface area (Å²) in [6.45, 7) is 7.37. The summed E-state index contributed by atoms with van der Waals surface area (Å²) in [5, 5.41) is 8.73. The van der Waals surface area contributed by atoms with Gasteiger partial charge in [0, 0.05) is 26.7 Å². The van der Waals surface area contributed by atoms with Crippen LogP contribution in [-0.4, -0.2) is 48.5 Å². The van der Waals surface area contributed by atoms with E-state index in [1.807, 2.05) is 6.92 Å². The Morgan fingerprint density at radius 3 is 2.50 bits per heavy atom. The third-order valence-corrected chi connectivity index (χ3v) is 2.96. The van der Waals surface area contributed by atoms with Gasteiger partial charge in [-0.05, 0) is 18.6 Å². The molecule has 1 heterocycles. The van der Waals surface area contributed by atoms with Gasteiger partial charge in [-0.25, -0.2) is 5.06 Å². The van der Waals surface area contributed by atoms with Crippen LogP contribution in [0.5, 0.6) is 0 Å². The Bertz CT molecular complexity index is 589. The number of rotatable bonds is 7. The molecule has 0 aliphatic heterocycles. The smallest absolute Gasteiger partial charge is 0.279 e. The van der Waals surface area contributed by atoms with Crippen molar-refractivity contribution in [3.8, 4) is 0 Å². The lowest BCUT2D eigenvalue weighted by molar-refractivity contribution is -0.177. The van der Waals surface area contributed by atoms with Gasteiger partial charge >= 0.3 is 0 Å². The molecular formula is C15H21N3O4. The summed E-state index contributed by atoms with van der Waals surface area (Å²) in [5.41, 5.74) is 1.20. The van der Waals surface area contributed by atoms with Gasteiger partial charge in [0.15, 0.2) is 6.10 Å². The molecule has 1 rings (SSSR count). The maximum absolute atomic E-state index is 12.2. The Hall–Kier alpha value is -2.25. The fraction of sp³-hybridized carbons (Fsp3) is 0.400. The van der Waals surface area contributed by atoms with Crippen molar-refractivity contribution < 1.29 is 18.8 Å². The summed E-state index contributed by atoms with van der Waals surface area (Å²) in [6, 6.07) is 0. The van der Waals surface area contributed by atoms with E-state index in [-0.39, 0.29) is 5.91 Å². The van der Waals surface area contributed by atoms with Crippen molar-refractivity contribution in [2.75, 3.05) is 21.3 Å². The number of carbonyl (C=O) groups excluding carboxylic acids is 1. The minimum absolute atomic E-state index is 0.318. The first kappa shape index (κ1) is 17.8. The van der Waals surface area contributed by atoms with Crippen LogP contribution >= 0.6 is 0 Å².